The molecule has 1 amide bonds. The van der Waals surface area contributed by atoms with Gasteiger partial charge in [0.15, 0.2) is 0 Å². The number of ether oxygens (including phenoxy) is 2. The van der Waals surface area contributed by atoms with Gasteiger partial charge in [-0.2, -0.15) is 0 Å². The highest BCUT2D eigenvalue weighted by molar-refractivity contribution is 6.31. The van der Waals surface area contributed by atoms with Crippen LogP contribution in [0.2, 0.25) is 5.02 Å². The number of unbranched alkanes of at least 4 members (excludes halogenated alkanes) is 1. The smallest absolute Gasteiger partial charge is 0.228 e. The summed E-state index contributed by atoms with van der Waals surface area (Å²) in [6.45, 7) is 2.71. The fourth-order valence-corrected chi connectivity index (χ4v) is 2.40. The van der Waals surface area contributed by atoms with Gasteiger partial charge in [-0.25, -0.2) is 0 Å². The van der Waals surface area contributed by atoms with Gasteiger partial charge in [-0.05, 0) is 30.2 Å². The summed E-state index contributed by atoms with van der Waals surface area (Å²) in [4.78, 5) is 12.3. The first-order valence-electron chi connectivity index (χ1n) is 7.98. The van der Waals surface area contributed by atoms with E-state index in [1.165, 1.54) is 0 Å². The maximum Gasteiger partial charge on any atom is 0.228 e. The molecule has 0 spiro atoms. The van der Waals surface area contributed by atoms with Crippen LogP contribution in [0.3, 0.4) is 0 Å². The van der Waals surface area contributed by atoms with Crippen molar-refractivity contribution in [3.05, 3.63) is 53.1 Å². The number of halogens is 1. The highest BCUT2D eigenvalue weighted by Gasteiger charge is 2.12. The van der Waals surface area contributed by atoms with Crippen LogP contribution < -0.4 is 14.8 Å². The minimum absolute atomic E-state index is 0.156. The molecule has 0 unspecified atom stereocenters. The first kappa shape index (κ1) is 18.1. The molecule has 0 heterocycles. The van der Waals surface area contributed by atoms with E-state index >= 15 is 0 Å². The van der Waals surface area contributed by atoms with Crippen LogP contribution in [0, 0.1) is 0 Å². The third-order valence-corrected chi connectivity index (χ3v) is 3.89. The third kappa shape index (κ3) is 5.17. The number of anilines is 1. The van der Waals surface area contributed by atoms with Gasteiger partial charge in [0.25, 0.3) is 0 Å². The maximum atomic E-state index is 12.3. The SMILES string of the molecule is CCCCOc1ccc(OC)cc1NC(=O)Cc1ccccc1Cl. The number of hydrogen-bond acceptors (Lipinski definition) is 3. The second-order valence-corrected chi connectivity index (χ2v) is 5.79. The Labute approximate surface area is 147 Å². The zero-order valence-electron chi connectivity index (χ0n) is 14.0. The van der Waals surface area contributed by atoms with Gasteiger partial charge in [0.05, 0.1) is 25.8 Å². The van der Waals surface area contributed by atoms with Crippen LogP contribution in [0.5, 0.6) is 11.5 Å². The molecule has 0 fully saturated rings. The Morgan fingerprint density at radius 2 is 2.00 bits per heavy atom. The predicted octanol–water partition coefficient (Wildman–Crippen LogP) is 4.71. The van der Waals surface area contributed by atoms with Crippen molar-refractivity contribution >= 4 is 23.2 Å². The fraction of sp³-hybridized carbons (Fsp3) is 0.316. The molecule has 0 aliphatic carbocycles. The summed E-state index contributed by atoms with van der Waals surface area (Å²) in [5.41, 5.74) is 1.38. The van der Waals surface area contributed by atoms with Gasteiger partial charge in [-0.3, -0.25) is 4.79 Å². The summed E-state index contributed by atoms with van der Waals surface area (Å²) in [6.07, 6.45) is 2.20. The first-order chi connectivity index (χ1) is 11.6. The molecule has 2 rings (SSSR count). The first-order valence-corrected chi connectivity index (χ1v) is 8.36. The van der Waals surface area contributed by atoms with E-state index in [0.29, 0.717) is 28.8 Å². The number of carbonyl (C=O) groups excluding carboxylic acids is 1. The lowest BCUT2D eigenvalue weighted by molar-refractivity contribution is -0.115. The largest absolute Gasteiger partial charge is 0.497 e. The van der Waals surface area contributed by atoms with E-state index in [-0.39, 0.29) is 12.3 Å². The van der Waals surface area contributed by atoms with Gasteiger partial charge in [0.2, 0.25) is 5.91 Å². The summed E-state index contributed by atoms with van der Waals surface area (Å²) in [5, 5.41) is 3.47. The minimum atomic E-state index is -0.156. The van der Waals surface area contributed by atoms with Crippen LogP contribution in [0.25, 0.3) is 0 Å². The zero-order valence-corrected chi connectivity index (χ0v) is 14.7. The van der Waals surface area contributed by atoms with Gasteiger partial charge in [-0.1, -0.05) is 43.1 Å². The Morgan fingerprint density at radius 1 is 1.21 bits per heavy atom. The molecule has 24 heavy (non-hydrogen) atoms. The van der Waals surface area contributed by atoms with Crippen LogP contribution in [0.1, 0.15) is 25.3 Å². The van der Waals surface area contributed by atoms with Crippen molar-refractivity contribution < 1.29 is 14.3 Å². The maximum absolute atomic E-state index is 12.3. The Hall–Kier alpha value is -2.20. The molecule has 0 saturated heterocycles. The molecule has 1 N–H and O–H groups in total. The van der Waals surface area contributed by atoms with E-state index in [1.807, 2.05) is 24.3 Å². The van der Waals surface area contributed by atoms with Gasteiger partial charge < -0.3 is 14.8 Å². The molecule has 2 aromatic carbocycles. The summed E-state index contributed by atoms with van der Waals surface area (Å²) >= 11 is 6.11. The molecular weight excluding hydrogens is 326 g/mol. The average Bonchev–Trinajstić information content (AvgIpc) is 2.58. The van der Waals surface area contributed by atoms with Crippen molar-refractivity contribution in [2.45, 2.75) is 26.2 Å². The van der Waals surface area contributed by atoms with Crippen molar-refractivity contribution in [2.24, 2.45) is 0 Å². The molecule has 0 aliphatic heterocycles. The van der Waals surface area contributed by atoms with E-state index in [0.717, 1.165) is 18.4 Å². The summed E-state index contributed by atoms with van der Waals surface area (Å²) in [6, 6.07) is 12.7. The second kappa shape index (κ2) is 9.18. The quantitative estimate of drug-likeness (QED) is 0.703. The van der Waals surface area contributed by atoms with E-state index in [4.69, 9.17) is 21.1 Å². The summed E-state index contributed by atoms with van der Waals surface area (Å²) < 4.78 is 11.0. The third-order valence-electron chi connectivity index (χ3n) is 3.53. The van der Waals surface area contributed by atoms with Crippen LogP contribution in [-0.4, -0.2) is 19.6 Å². The van der Waals surface area contributed by atoms with Crippen molar-refractivity contribution in [1.29, 1.82) is 0 Å². The molecule has 128 valence electrons. The lowest BCUT2D eigenvalue weighted by atomic mass is 10.1. The van der Waals surface area contributed by atoms with Crippen LogP contribution in [-0.2, 0) is 11.2 Å². The van der Waals surface area contributed by atoms with Crippen molar-refractivity contribution in [1.82, 2.24) is 0 Å². The Balaban J connectivity index is 2.11. The summed E-state index contributed by atoms with van der Waals surface area (Å²) in [5.74, 6) is 1.14. The van der Waals surface area contributed by atoms with Crippen molar-refractivity contribution in [2.75, 3.05) is 19.0 Å². The minimum Gasteiger partial charge on any atom is -0.497 e. The predicted molar refractivity (Wildman–Crippen MR) is 97.2 cm³/mol. The van der Waals surface area contributed by atoms with Crippen molar-refractivity contribution in [3.8, 4) is 11.5 Å². The van der Waals surface area contributed by atoms with E-state index in [2.05, 4.69) is 12.2 Å². The number of amides is 1. The monoisotopic (exact) mass is 347 g/mol. The van der Waals surface area contributed by atoms with Gasteiger partial charge >= 0.3 is 0 Å². The van der Waals surface area contributed by atoms with Gasteiger partial charge in [-0.15, -0.1) is 0 Å². The molecule has 0 atom stereocenters. The van der Waals surface area contributed by atoms with E-state index in [9.17, 15) is 4.79 Å². The topological polar surface area (TPSA) is 47.6 Å². The molecule has 5 heteroatoms. The molecule has 0 bridgehead atoms. The number of methoxy groups -OCH3 is 1. The number of carbonyl (C=O) groups is 1. The van der Waals surface area contributed by atoms with Crippen LogP contribution in [0.4, 0.5) is 5.69 Å². The van der Waals surface area contributed by atoms with Crippen LogP contribution >= 0.6 is 11.6 Å². The molecule has 0 aromatic heterocycles. The van der Waals surface area contributed by atoms with Crippen molar-refractivity contribution in [3.63, 3.8) is 0 Å². The van der Waals surface area contributed by atoms with Gasteiger partial charge in [0, 0.05) is 11.1 Å². The molecule has 4 nitrogen and oxygen atoms in total. The highest BCUT2D eigenvalue weighted by atomic mass is 35.5. The zero-order chi connectivity index (χ0) is 17.4. The molecule has 2 aromatic rings. The number of nitrogens with one attached hydrogen (secondary N) is 1. The Bertz CT molecular complexity index is 688. The fourth-order valence-electron chi connectivity index (χ4n) is 2.20. The molecular formula is C19H22ClNO3. The van der Waals surface area contributed by atoms with E-state index in [1.54, 1.807) is 25.3 Å². The normalized spacial score (nSPS) is 10.3. The molecule has 0 aliphatic rings. The molecule has 0 saturated carbocycles. The summed E-state index contributed by atoms with van der Waals surface area (Å²) in [7, 11) is 1.59. The van der Waals surface area contributed by atoms with Gasteiger partial charge in [0.1, 0.15) is 11.5 Å². The van der Waals surface area contributed by atoms with E-state index < -0.39 is 0 Å². The molecule has 0 radical (unpaired) electrons. The number of hydrogen-bond donors (Lipinski definition) is 1. The number of rotatable bonds is 8. The van der Waals surface area contributed by atoms with Crippen LogP contribution in [0.15, 0.2) is 42.5 Å². The Morgan fingerprint density at radius 3 is 2.71 bits per heavy atom. The lowest BCUT2D eigenvalue weighted by Crippen LogP contribution is -2.15. The second-order valence-electron chi connectivity index (χ2n) is 5.38. The highest BCUT2D eigenvalue weighted by Crippen LogP contribution is 2.30. The standard InChI is InChI=1S/C19H22ClNO3/c1-3-4-11-24-18-10-9-15(23-2)13-17(18)21-19(22)12-14-7-5-6-8-16(14)20/h5-10,13H,3-4,11-12H2,1-2H3,(H,21,22). The average molecular weight is 348 g/mol. The lowest BCUT2D eigenvalue weighted by Gasteiger charge is -2.14. The Kier molecular flexibility index (Phi) is 6.94. The number of benzene rings is 2.